The summed E-state index contributed by atoms with van der Waals surface area (Å²) in [6, 6.07) is 18.1. The number of nitriles is 2. The molecular formula is C23H21N7. The van der Waals surface area contributed by atoms with Gasteiger partial charge in [-0.05, 0) is 49.2 Å². The van der Waals surface area contributed by atoms with Crippen molar-refractivity contribution in [3.05, 3.63) is 76.1 Å². The minimum absolute atomic E-state index is 0.398. The number of nitrogens with two attached hydrogens (primary N) is 1. The fraction of sp³-hybridized carbons (Fsp3) is 0.174. The molecule has 0 saturated carbocycles. The van der Waals surface area contributed by atoms with Crippen LogP contribution in [0.4, 0.5) is 11.5 Å². The van der Waals surface area contributed by atoms with Gasteiger partial charge in [0, 0.05) is 29.0 Å². The predicted octanol–water partition coefficient (Wildman–Crippen LogP) is 4.04. The summed E-state index contributed by atoms with van der Waals surface area (Å²) in [5, 5.41) is 34.3. The first-order chi connectivity index (χ1) is 14.5. The summed E-state index contributed by atoms with van der Waals surface area (Å²) in [5.41, 5.74) is 12.0. The second-order valence-corrected chi connectivity index (χ2v) is 7.33. The molecule has 0 fully saturated rings. The standard InChI is InChI=1S/C23H21N7/c1-13-19(10-24)22(20(11-25)14(2)28-13)16-5-8-21-18(9-16)23(30-29-21)27-12-15-3-6-17(26)7-4-15/h3-9,22,28H,12,26H2,1-2H3,(H2,27,29,30). The number of allylic oxidation sites excluding steroid dienone is 4. The number of aromatic nitrogens is 2. The van der Waals surface area contributed by atoms with Gasteiger partial charge in [0.05, 0.1) is 34.7 Å². The van der Waals surface area contributed by atoms with Crippen molar-refractivity contribution in [3.8, 4) is 12.1 Å². The monoisotopic (exact) mass is 395 g/mol. The zero-order valence-corrected chi connectivity index (χ0v) is 16.7. The molecule has 1 aromatic heterocycles. The van der Waals surface area contributed by atoms with E-state index in [1.54, 1.807) is 0 Å². The molecule has 1 aliphatic heterocycles. The Hall–Kier alpha value is -4.23. The molecule has 1 aliphatic rings. The van der Waals surface area contributed by atoms with Gasteiger partial charge in [-0.1, -0.05) is 18.2 Å². The topological polar surface area (TPSA) is 126 Å². The number of fused-ring (bicyclic) bond motifs is 1. The molecule has 2 aromatic carbocycles. The lowest BCUT2D eigenvalue weighted by molar-refractivity contribution is 0.815. The zero-order chi connectivity index (χ0) is 21.3. The number of anilines is 2. The van der Waals surface area contributed by atoms with Gasteiger partial charge in [0.15, 0.2) is 5.82 Å². The lowest BCUT2D eigenvalue weighted by atomic mass is 9.81. The van der Waals surface area contributed by atoms with Crippen LogP contribution < -0.4 is 16.4 Å². The zero-order valence-electron chi connectivity index (χ0n) is 16.7. The van der Waals surface area contributed by atoms with Crippen LogP contribution in [0.2, 0.25) is 0 Å². The molecule has 3 aromatic rings. The summed E-state index contributed by atoms with van der Waals surface area (Å²) >= 11 is 0. The third-order valence-corrected chi connectivity index (χ3v) is 5.36. The fourth-order valence-electron chi connectivity index (χ4n) is 3.79. The highest BCUT2D eigenvalue weighted by Crippen LogP contribution is 2.38. The number of dihydropyridines is 1. The molecule has 0 aliphatic carbocycles. The molecule has 2 heterocycles. The Morgan fingerprint density at radius 2 is 1.70 bits per heavy atom. The number of hydrogen-bond donors (Lipinski definition) is 4. The maximum atomic E-state index is 9.73. The first-order valence-electron chi connectivity index (χ1n) is 9.57. The van der Waals surface area contributed by atoms with E-state index in [0.717, 1.165) is 44.9 Å². The molecule has 7 nitrogen and oxygen atoms in total. The molecule has 0 radical (unpaired) electrons. The molecule has 0 spiro atoms. The van der Waals surface area contributed by atoms with Gasteiger partial charge in [-0.15, -0.1) is 0 Å². The SMILES string of the molecule is CC1=C(C#N)C(c2ccc3[nH]nc(NCc4ccc(N)cc4)c3c2)C(C#N)=C(C)N1. The van der Waals surface area contributed by atoms with Gasteiger partial charge in [-0.2, -0.15) is 15.6 Å². The highest BCUT2D eigenvalue weighted by molar-refractivity contribution is 5.90. The van der Waals surface area contributed by atoms with Gasteiger partial charge in [-0.25, -0.2) is 0 Å². The normalized spacial score (nSPS) is 14.4. The van der Waals surface area contributed by atoms with Crippen molar-refractivity contribution in [1.29, 1.82) is 10.5 Å². The number of nitrogens with one attached hydrogen (secondary N) is 3. The van der Waals surface area contributed by atoms with E-state index in [2.05, 4.69) is 33.0 Å². The van der Waals surface area contributed by atoms with E-state index in [4.69, 9.17) is 5.73 Å². The highest BCUT2D eigenvalue weighted by atomic mass is 15.2. The Balaban J connectivity index is 1.71. The Kier molecular flexibility index (Phi) is 4.87. The van der Waals surface area contributed by atoms with Crippen molar-refractivity contribution in [2.24, 2.45) is 0 Å². The van der Waals surface area contributed by atoms with E-state index in [1.165, 1.54) is 0 Å². The second kappa shape index (κ2) is 7.65. The van der Waals surface area contributed by atoms with Gasteiger partial charge >= 0.3 is 0 Å². The van der Waals surface area contributed by atoms with Crippen LogP contribution in [-0.4, -0.2) is 10.2 Å². The largest absolute Gasteiger partial charge is 0.399 e. The number of aromatic amines is 1. The summed E-state index contributed by atoms with van der Waals surface area (Å²) in [5.74, 6) is 0.321. The Bertz CT molecular complexity index is 1230. The van der Waals surface area contributed by atoms with Crippen LogP contribution in [0, 0.1) is 22.7 Å². The van der Waals surface area contributed by atoms with Crippen LogP contribution in [0.1, 0.15) is 30.9 Å². The quantitative estimate of drug-likeness (QED) is 0.494. The van der Waals surface area contributed by atoms with Gasteiger partial charge in [-0.3, -0.25) is 5.10 Å². The predicted molar refractivity (Wildman–Crippen MR) is 117 cm³/mol. The van der Waals surface area contributed by atoms with Crippen LogP contribution >= 0.6 is 0 Å². The Labute approximate surface area is 174 Å². The summed E-state index contributed by atoms with van der Waals surface area (Å²) < 4.78 is 0. The maximum Gasteiger partial charge on any atom is 0.156 e. The van der Waals surface area contributed by atoms with E-state index in [1.807, 2.05) is 56.3 Å². The summed E-state index contributed by atoms with van der Waals surface area (Å²) in [6.07, 6.45) is 0. The molecule has 30 heavy (non-hydrogen) atoms. The van der Waals surface area contributed by atoms with Crippen molar-refractivity contribution in [2.45, 2.75) is 26.3 Å². The highest BCUT2D eigenvalue weighted by Gasteiger charge is 2.29. The molecule has 0 bridgehead atoms. The number of nitrogen functional groups attached to an aromatic ring is 1. The van der Waals surface area contributed by atoms with Gasteiger partial charge < -0.3 is 16.4 Å². The number of H-pyrrole nitrogens is 1. The Morgan fingerprint density at radius 1 is 1.03 bits per heavy atom. The van der Waals surface area contributed by atoms with Crippen molar-refractivity contribution in [2.75, 3.05) is 11.1 Å². The molecular weight excluding hydrogens is 374 g/mol. The molecule has 4 rings (SSSR count). The van der Waals surface area contributed by atoms with Crippen LogP contribution in [0.25, 0.3) is 10.9 Å². The second-order valence-electron chi connectivity index (χ2n) is 7.33. The molecule has 148 valence electrons. The molecule has 7 heteroatoms. The minimum atomic E-state index is -0.398. The van der Waals surface area contributed by atoms with E-state index < -0.39 is 5.92 Å². The third kappa shape index (κ3) is 3.34. The van der Waals surface area contributed by atoms with Gasteiger partial charge in [0.25, 0.3) is 0 Å². The number of rotatable bonds is 4. The van der Waals surface area contributed by atoms with Crippen LogP contribution in [0.3, 0.4) is 0 Å². The van der Waals surface area contributed by atoms with Crippen molar-refractivity contribution in [3.63, 3.8) is 0 Å². The molecule has 0 amide bonds. The van der Waals surface area contributed by atoms with Crippen molar-refractivity contribution < 1.29 is 0 Å². The molecule has 5 N–H and O–H groups in total. The van der Waals surface area contributed by atoms with E-state index in [-0.39, 0.29) is 0 Å². The van der Waals surface area contributed by atoms with E-state index in [9.17, 15) is 10.5 Å². The lowest BCUT2D eigenvalue weighted by Crippen LogP contribution is -2.23. The number of nitrogens with zero attached hydrogens (tertiary/aromatic N) is 3. The average Bonchev–Trinajstić information content (AvgIpc) is 3.15. The van der Waals surface area contributed by atoms with Crippen molar-refractivity contribution >= 4 is 22.4 Å². The van der Waals surface area contributed by atoms with E-state index in [0.29, 0.717) is 17.7 Å². The maximum absolute atomic E-state index is 9.73. The van der Waals surface area contributed by atoms with E-state index >= 15 is 0 Å². The van der Waals surface area contributed by atoms with Gasteiger partial charge in [0.2, 0.25) is 0 Å². The van der Waals surface area contributed by atoms with Gasteiger partial charge in [0.1, 0.15) is 0 Å². The van der Waals surface area contributed by atoms with Crippen LogP contribution in [0.15, 0.2) is 65.0 Å². The molecule has 0 saturated heterocycles. The van der Waals surface area contributed by atoms with Crippen molar-refractivity contribution in [1.82, 2.24) is 15.5 Å². The number of benzene rings is 2. The summed E-state index contributed by atoms with van der Waals surface area (Å²) in [6.45, 7) is 4.32. The smallest absolute Gasteiger partial charge is 0.156 e. The third-order valence-electron chi connectivity index (χ3n) is 5.36. The number of hydrogen-bond acceptors (Lipinski definition) is 6. The molecule has 0 unspecified atom stereocenters. The minimum Gasteiger partial charge on any atom is -0.399 e. The summed E-state index contributed by atoms with van der Waals surface area (Å²) in [4.78, 5) is 0. The van der Waals surface area contributed by atoms with Crippen LogP contribution in [0.5, 0.6) is 0 Å². The first-order valence-corrected chi connectivity index (χ1v) is 9.57. The average molecular weight is 395 g/mol. The summed E-state index contributed by atoms with van der Waals surface area (Å²) in [7, 11) is 0. The lowest BCUT2D eigenvalue weighted by Gasteiger charge is -2.26. The fourth-order valence-corrected chi connectivity index (χ4v) is 3.79. The Morgan fingerprint density at radius 3 is 2.33 bits per heavy atom. The first kappa shape index (κ1) is 19.1. The van der Waals surface area contributed by atoms with Crippen LogP contribution in [-0.2, 0) is 6.54 Å². The molecule has 0 atom stereocenters.